The number of hydrogen-bond donors (Lipinski definition) is 2. The summed E-state index contributed by atoms with van der Waals surface area (Å²) in [7, 11) is -2.10. The number of ether oxygens (including phenoxy) is 4. The van der Waals surface area contributed by atoms with E-state index in [1.54, 1.807) is 31.4 Å². The summed E-state index contributed by atoms with van der Waals surface area (Å²) >= 11 is 0. The van der Waals surface area contributed by atoms with Crippen molar-refractivity contribution in [1.82, 2.24) is 4.72 Å². The number of quaternary nitrogens is 1. The topological polar surface area (TPSA) is 87.5 Å². The number of nitrogens with one attached hydrogen (secondary N) is 2. The van der Waals surface area contributed by atoms with E-state index in [2.05, 4.69) is 4.72 Å². The van der Waals surface area contributed by atoms with Gasteiger partial charge in [0.2, 0.25) is 16.8 Å². The molecular formula is C20H25N2O6S+. The van der Waals surface area contributed by atoms with Crippen LogP contribution in [0.15, 0.2) is 47.4 Å². The smallest absolute Gasteiger partial charge is 0.240 e. The van der Waals surface area contributed by atoms with E-state index in [4.69, 9.17) is 18.9 Å². The van der Waals surface area contributed by atoms with Crippen LogP contribution < -0.4 is 23.8 Å². The number of rotatable bonds is 7. The van der Waals surface area contributed by atoms with Crippen molar-refractivity contribution in [3.05, 3.63) is 48.0 Å². The van der Waals surface area contributed by atoms with Crippen molar-refractivity contribution in [3.63, 3.8) is 0 Å². The molecule has 1 saturated heterocycles. The second-order valence-corrected chi connectivity index (χ2v) is 8.73. The average Bonchev–Trinajstić information content (AvgIpc) is 3.23. The maximum atomic E-state index is 12.8. The highest BCUT2D eigenvalue weighted by molar-refractivity contribution is 7.89. The Morgan fingerprint density at radius 1 is 1.07 bits per heavy atom. The molecule has 0 unspecified atom stereocenters. The molecule has 0 radical (unpaired) electrons. The lowest BCUT2D eigenvalue weighted by molar-refractivity contribution is -0.937. The highest BCUT2D eigenvalue weighted by Gasteiger charge is 2.30. The summed E-state index contributed by atoms with van der Waals surface area (Å²) < 4.78 is 49.9. The SMILES string of the molecule is COc1ccc(S(=O)(=O)NC[C@H](c2ccc3c(c2)OCO3)[NH+]2CCOCC2)cc1. The maximum Gasteiger partial charge on any atom is 0.240 e. The average molecular weight is 421 g/mol. The fraction of sp³-hybridized carbons (Fsp3) is 0.400. The molecule has 29 heavy (non-hydrogen) atoms. The van der Waals surface area contributed by atoms with Crippen LogP contribution in [0.1, 0.15) is 11.6 Å². The van der Waals surface area contributed by atoms with E-state index < -0.39 is 10.0 Å². The largest absolute Gasteiger partial charge is 0.497 e. The van der Waals surface area contributed by atoms with Gasteiger partial charge in [0, 0.05) is 5.56 Å². The Bertz CT molecular complexity index is 942. The van der Waals surface area contributed by atoms with Gasteiger partial charge in [-0.2, -0.15) is 0 Å². The minimum absolute atomic E-state index is 0.0681. The van der Waals surface area contributed by atoms with Crippen molar-refractivity contribution in [2.45, 2.75) is 10.9 Å². The molecule has 1 atom stereocenters. The minimum atomic E-state index is -3.64. The van der Waals surface area contributed by atoms with E-state index in [9.17, 15) is 8.42 Å². The van der Waals surface area contributed by atoms with Gasteiger partial charge in [-0.05, 0) is 42.5 Å². The van der Waals surface area contributed by atoms with Gasteiger partial charge in [-0.1, -0.05) is 0 Å². The molecule has 2 aromatic carbocycles. The van der Waals surface area contributed by atoms with Crippen LogP contribution in [0.3, 0.4) is 0 Å². The van der Waals surface area contributed by atoms with Gasteiger partial charge in [-0.25, -0.2) is 13.1 Å². The Kier molecular flexibility index (Phi) is 5.91. The molecule has 0 aromatic heterocycles. The number of methoxy groups -OCH3 is 1. The molecule has 0 amide bonds. The molecule has 4 rings (SSSR count). The quantitative estimate of drug-likeness (QED) is 0.671. The Morgan fingerprint density at radius 3 is 2.52 bits per heavy atom. The fourth-order valence-corrected chi connectivity index (χ4v) is 4.69. The van der Waals surface area contributed by atoms with Crippen molar-refractivity contribution in [1.29, 1.82) is 0 Å². The van der Waals surface area contributed by atoms with Crippen LogP contribution in [0.4, 0.5) is 0 Å². The van der Waals surface area contributed by atoms with Gasteiger partial charge in [0.1, 0.15) is 24.9 Å². The zero-order valence-electron chi connectivity index (χ0n) is 16.2. The number of fused-ring (bicyclic) bond motifs is 1. The van der Waals surface area contributed by atoms with Crippen LogP contribution >= 0.6 is 0 Å². The molecular weight excluding hydrogens is 396 g/mol. The summed E-state index contributed by atoms with van der Waals surface area (Å²) in [5.74, 6) is 2.02. The predicted molar refractivity (Wildman–Crippen MR) is 105 cm³/mol. The highest BCUT2D eigenvalue weighted by atomic mass is 32.2. The Hall–Kier alpha value is -2.33. The summed E-state index contributed by atoms with van der Waals surface area (Å²) in [6, 6.07) is 12.1. The zero-order chi connectivity index (χ0) is 20.3. The summed E-state index contributed by atoms with van der Waals surface area (Å²) in [6.45, 7) is 3.40. The molecule has 1 fully saturated rings. The first-order chi connectivity index (χ1) is 14.1. The third-order valence-corrected chi connectivity index (χ3v) is 6.71. The van der Waals surface area contributed by atoms with Gasteiger partial charge in [0.05, 0.1) is 31.8 Å². The molecule has 9 heteroatoms. The van der Waals surface area contributed by atoms with Crippen molar-refractivity contribution in [3.8, 4) is 17.2 Å². The Morgan fingerprint density at radius 2 is 1.79 bits per heavy atom. The number of benzene rings is 2. The normalized spacial score (nSPS) is 17.8. The maximum absolute atomic E-state index is 12.8. The van der Waals surface area contributed by atoms with Crippen LogP contribution in [0.5, 0.6) is 17.2 Å². The van der Waals surface area contributed by atoms with Crippen LogP contribution in [-0.2, 0) is 14.8 Å². The van der Waals surface area contributed by atoms with Gasteiger partial charge in [0.15, 0.2) is 11.5 Å². The van der Waals surface area contributed by atoms with E-state index >= 15 is 0 Å². The molecule has 0 spiro atoms. The van der Waals surface area contributed by atoms with E-state index in [1.165, 1.54) is 4.90 Å². The van der Waals surface area contributed by atoms with E-state index in [0.717, 1.165) is 18.7 Å². The van der Waals surface area contributed by atoms with E-state index in [-0.39, 0.29) is 24.3 Å². The molecule has 2 heterocycles. The number of morpholine rings is 1. The monoisotopic (exact) mass is 421 g/mol. The molecule has 2 aromatic rings. The second-order valence-electron chi connectivity index (χ2n) is 6.96. The first-order valence-corrected chi connectivity index (χ1v) is 11.0. The Labute approximate surface area is 170 Å². The molecule has 2 N–H and O–H groups in total. The third-order valence-electron chi connectivity index (χ3n) is 5.27. The molecule has 0 bridgehead atoms. The molecule has 0 saturated carbocycles. The van der Waals surface area contributed by atoms with Gasteiger partial charge in [-0.15, -0.1) is 0 Å². The van der Waals surface area contributed by atoms with Crippen LogP contribution in [0.25, 0.3) is 0 Å². The van der Waals surface area contributed by atoms with Crippen molar-refractivity contribution in [2.75, 3.05) is 46.8 Å². The lowest BCUT2D eigenvalue weighted by atomic mass is 10.0. The summed E-state index contributed by atoms with van der Waals surface area (Å²) in [6.07, 6.45) is 0. The van der Waals surface area contributed by atoms with Crippen LogP contribution in [0.2, 0.25) is 0 Å². The first-order valence-electron chi connectivity index (χ1n) is 9.52. The zero-order valence-corrected chi connectivity index (χ0v) is 17.0. The van der Waals surface area contributed by atoms with Gasteiger partial charge in [-0.3, -0.25) is 0 Å². The second kappa shape index (κ2) is 8.58. The number of hydrogen-bond acceptors (Lipinski definition) is 6. The van der Waals surface area contributed by atoms with Crippen molar-refractivity contribution < 1.29 is 32.3 Å². The number of sulfonamides is 1. The third kappa shape index (κ3) is 4.48. The predicted octanol–water partition coefficient (Wildman–Crippen LogP) is 0.359. The lowest BCUT2D eigenvalue weighted by Crippen LogP contribution is -3.15. The Balaban J connectivity index is 1.54. The van der Waals surface area contributed by atoms with Gasteiger partial charge >= 0.3 is 0 Å². The van der Waals surface area contributed by atoms with Gasteiger partial charge in [0.25, 0.3) is 0 Å². The first kappa shape index (κ1) is 20.0. The van der Waals surface area contributed by atoms with E-state index in [0.29, 0.717) is 30.5 Å². The van der Waals surface area contributed by atoms with Crippen molar-refractivity contribution in [2.24, 2.45) is 0 Å². The molecule has 156 valence electrons. The molecule has 2 aliphatic rings. The summed E-state index contributed by atoms with van der Waals surface area (Å²) in [4.78, 5) is 1.48. The van der Waals surface area contributed by atoms with Crippen molar-refractivity contribution >= 4 is 10.0 Å². The summed E-state index contributed by atoms with van der Waals surface area (Å²) in [5.41, 5.74) is 1.00. The molecule has 2 aliphatic heterocycles. The molecule has 8 nitrogen and oxygen atoms in total. The van der Waals surface area contributed by atoms with Crippen LogP contribution in [-0.4, -0.2) is 55.2 Å². The lowest BCUT2D eigenvalue weighted by Gasteiger charge is -2.32. The molecule has 0 aliphatic carbocycles. The summed E-state index contributed by atoms with van der Waals surface area (Å²) in [5, 5.41) is 0. The fourth-order valence-electron chi connectivity index (χ4n) is 3.64. The van der Waals surface area contributed by atoms with E-state index in [1.807, 2.05) is 18.2 Å². The van der Waals surface area contributed by atoms with Gasteiger partial charge < -0.3 is 23.8 Å². The minimum Gasteiger partial charge on any atom is -0.497 e. The van der Waals surface area contributed by atoms with Crippen LogP contribution in [0, 0.1) is 0 Å². The highest BCUT2D eigenvalue weighted by Crippen LogP contribution is 2.33. The standard InChI is InChI=1S/C20H24N2O6S/c1-25-16-3-5-17(6-4-16)29(23,24)21-13-18(22-8-10-26-11-9-22)15-2-7-19-20(12-15)28-14-27-19/h2-7,12,18,21H,8-11,13-14H2,1H3/p+1/t18-/m1/s1.